The van der Waals surface area contributed by atoms with E-state index in [1.54, 1.807) is 6.07 Å². The van der Waals surface area contributed by atoms with Crippen LogP contribution >= 0.6 is 15.9 Å². The fraction of sp³-hybridized carbons (Fsp3) is 0.294. The second kappa shape index (κ2) is 7.57. The van der Waals surface area contributed by atoms with Gasteiger partial charge in [-0.25, -0.2) is 4.39 Å². The van der Waals surface area contributed by atoms with Gasteiger partial charge in [0.2, 0.25) is 0 Å². The molecule has 21 heavy (non-hydrogen) atoms. The summed E-state index contributed by atoms with van der Waals surface area (Å²) >= 11 is 3.37. The fourth-order valence-electron chi connectivity index (χ4n) is 1.92. The van der Waals surface area contributed by atoms with Crippen molar-refractivity contribution in [2.45, 2.75) is 20.4 Å². The van der Waals surface area contributed by atoms with Crippen molar-refractivity contribution in [1.82, 2.24) is 5.32 Å². The van der Waals surface area contributed by atoms with Crippen LogP contribution in [0.5, 0.6) is 11.5 Å². The summed E-state index contributed by atoms with van der Waals surface area (Å²) in [6.07, 6.45) is 0. The summed E-state index contributed by atoms with van der Waals surface area (Å²) in [7, 11) is 0. The van der Waals surface area contributed by atoms with Gasteiger partial charge in [-0.15, -0.1) is 0 Å². The van der Waals surface area contributed by atoms with Crippen molar-refractivity contribution in [3.8, 4) is 11.5 Å². The monoisotopic (exact) mass is 351 g/mol. The number of hydrogen-bond donors (Lipinski definition) is 1. The average molecular weight is 352 g/mol. The average Bonchev–Trinajstić information content (AvgIpc) is 2.44. The molecule has 2 rings (SSSR count). The zero-order valence-corrected chi connectivity index (χ0v) is 13.8. The highest BCUT2D eigenvalue weighted by atomic mass is 79.9. The van der Waals surface area contributed by atoms with Gasteiger partial charge in [-0.3, -0.25) is 0 Å². The van der Waals surface area contributed by atoms with Crippen LogP contribution in [-0.4, -0.2) is 6.54 Å². The number of rotatable bonds is 6. The molecule has 1 N–H and O–H groups in total. The van der Waals surface area contributed by atoms with Crippen molar-refractivity contribution in [2.24, 2.45) is 5.92 Å². The van der Waals surface area contributed by atoms with Crippen LogP contribution in [0.15, 0.2) is 46.9 Å². The molecule has 0 heterocycles. The molecule has 0 aliphatic heterocycles. The molecule has 4 heteroatoms. The van der Waals surface area contributed by atoms with E-state index >= 15 is 0 Å². The highest BCUT2D eigenvalue weighted by Crippen LogP contribution is 2.29. The molecule has 2 aromatic rings. The molecule has 0 aliphatic rings. The molecular formula is C17H19BrFNO. The van der Waals surface area contributed by atoms with Gasteiger partial charge in [0.05, 0.1) is 0 Å². The van der Waals surface area contributed by atoms with Crippen LogP contribution in [0.25, 0.3) is 0 Å². The topological polar surface area (TPSA) is 21.3 Å². The van der Waals surface area contributed by atoms with Crippen LogP contribution in [0.4, 0.5) is 4.39 Å². The van der Waals surface area contributed by atoms with Gasteiger partial charge >= 0.3 is 0 Å². The van der Waals surface area contributed by atoms with Crippen molar-refractivity contribution >= 4 is 15.9 Å². The third kappa shape index (κ3) is 4.83. The maximum Gasteiger partial charge on any atom is 0.167 e. The van der Waals surface area contributed by atoms with Crippen molar-refractivity contribution < 1.29 is 9.13 Å². The van der Waals surface area contributed by atoms with Crippen molar-refractivity contribution in [3.63, 3.8) is 0 Å². The molecule has 0 radical (unpaired) electrons. The molecule has 2 aromatic carbocycles. The number of nitrogens with one attached hydrogen (secondary N) is 1. The molecule has 0 saturated carbocycles. The smallest absolute Gasteiger partial charge is 0.167 e. The summed E-state index contributed by atoms with van der Waals surface area (Å²) in [5.41, 5.74) is 0.818. The van der Waals surface area contributed by atoms with Gasteiger partial charge in [0.25, 0.3) is 0 Å². The molecular weight excluding hydrogens is 333 g/mol. The number of benzene rings is 2. The molecule has 112 valence electrons. The van der Waals surface area contributed by atoms with Crippen molar-refractivity contribution in [1.29, 1.82) is 0 Å². The van der Waals surface area contributed by atoms with E-state index in [-0.39, 0.29) is 11.6 Å². The molecule has 0 unspecified atom stereocenters. The van der Waals surface area contributed by atoms with Gasteiger partial charge in [-0.1, -0.05) is 41.9 Å². The summed E-state index contributed by atoms with van der Waals surface area (Å²) in [5, 5.41) is 3.31. The number of halogens is 2. The van der Waals surface area contributed by atoms with Crippen LogP contribution in [0.1, 0.15) is 19.4 Å². The SMILES string of the molecule is CC(C)CNCc1cccc(F)c1Oc1ccc(Br)cc1. The molecule has 0 amide bonds. The van der Waals surface area contributed by atoms with E-state index in [1.807, 2.05) is 30.3 Å². The highest BCUT2D eigenvalue weighted by molar-refractivity contribution is 9.10. The zero-order chi connectivity index (χ0) is 15.2. The first-order valence-corrected chi connectivity index (χ1v) is 7.77. The Morgan fingerprint density at radius 3 is 2.52 bits per heavy atom. The van der Waals surface area contributed by atoms with E-state index < -0.39 is 0 Å². The lowest BCUT2D eigenvalue weighted by Crippen LogP contribution is -2.19. The first kappa shape index (κ1) is 16.0. The fourth-order valence-corrected chi connectivity index (χ4v) is 2.19. The van der Waals surface area contributed by atoms with Crippen LogP contribution < -0.4 is 10.1 Å². The predicted molar refractivity (Wildman–Crippen MR) is 87.2 cm³/mol. The molecule has 0 saturated heterocycles. The van der Waals surface area contributed by atoms with E-state index in [4.69, 9.17) is 4.74 Å². The van der Waals surface area contributed by atoms with Gasteiger partial charge in [-0.05, 0) is 42.8 Å². The molecule has 0 bridgehead atoms. The van der Waals surface area contributed by atoms with E-state index in [0.717, 1.165) is 16.6 Å². The first-order valence-electron chi connectivity index (χ1n) is 6.98. The normalized spacial score (nSPS) is 10.9. The minimum absolute atomic E-state index is 0.288. The Labute approximate surface area is 133 Å². The second-order valence-electron chi connectivity index (χ2n) is 5.31. The highest BCUT2D eigenvalue weighted by Gasteiger charge is 2.11. The number of ether oxygens (including phenoxy) is 1. The number of para-hydroxylation sites is 1. The molecule has 2 nitrogen and oxygen atoms in total. The Bertz CT molecular complexity index is 584. The minimum Gasteiger partial charge on any atom is -0.454 e. The molecule has 0 aromatic heterocycles. The summed E-state index contributed by atoms with van der Waals surface area (Å²) in [6, 6.07) is 12.4. The summed E-state index contributed by atoms with van der Waals surface area (Å²) in [4.78, 5) is 0. The van der Waals surface area contributed by atoms with Crippen molar-refractivity contribution in [2.75, 3.05) is 6.54 Å². The Morgan fingerprint density at radius 2 is 1.86 bits per heavy atom. The Hall–Kier alpha value is -1.39. The van der Waals surface area contributed by atoms with Crippen LogP contribution in [0.2, 0.25) is 0 Å². The minimum atomic E-state index is -0.346. The lowest BCUT2D eigenvalue weighted by atomic mass is 10.1. The molecule has 0 aliphatic carbocycles. The maximum absolute atomic E-state index is 14.0. The Balaban J connectivity index is 2.15. The third-order valence-electron chi connectivity index (χ3n) is 2.95. The molecule has 0 atom stereocenters. The van der Waals surface area contributed by atoms with Gasteiger partial charge in [0.1, 0.15) is 5.75 Å². The lowest BCUT2D eigenvalue weighted by Gasteiger charge is -2.13. The van der Waals surface area contributed by atoms with Crippen LogP contribution in [0.3, 0.4) is 0 Å². The summed E-state index contributed by atoms with van der Waals surface area (Å²) in [6.45, 7) is 5.74. The first-order chi connectivity index (χ1) is 10.1. The summed E-state index contributed by atoms with van der Waals surface area (Å²) in [5.74, 6) is 1.11. The van der Waals surface area contributed by atoms with Gasteiger partial charge in [0, 0.05) is 16.6 Å². The second-order valence-corrected chi connectivity index (χ2v) is 6.22. The van der Waals surface area contributed by atoms with Gasteiger partial charge < -0.3 is 10.1 Å². The van der Waals surface area contributed by atoms with Gasteiger partial charge in [-0.2, -0.15) is 0 Å². The van der Waals surface area contributed by atoms with E-state index in [0.29, 0.717) is 18.2 Å². The quantitative estimate of drug-likeness (QED) is 0.779. The van der Waals surface area contributed by atoms with E-state index in [9.17, 15) is 4.39 Å². The standard InChI is InChI=1S/C17H19BrFNO/c1-12(2)10-20-11-13-4-3-5-16(19)17(13)21-15-8-6-14(18)7-9-15/h3-9,12,20H,10-11H2,1-2H3. The number of hydrogen-bond acceptors (Lipinski definition) is 2. The van der Waals surface area contributed by atoms with Gasteiger partial charge in [0.15, 0.2) is 11.6 Å². The van der Waals surface area contributed by atoms with Crippen LogP contribution in [-0.2, 0) is 6.54 Å². The van der Waals surface area contributed by atoms with Crippen LogP contribution in [0, 0.1) is 11.7 Å². The predicted octanol–water partition coefficient (Wildman–Crippen LogP) is 5.13. The van der Waals surface area contributed by atoms with Crippen molar-refractivity contribution in [3.05, 3.63) is 58.3 Å². The molecule has 0 spiro atoms. The van der Waals surface area contributed by atoms with E-state index in [1.165, 1.54) is 6.07 Å². The Kier molecular flexibility index (Phi) is 5.76. The molecule has 0 fully saturated rings. The Morgan fingerprint density at radius 1 is 1.14 bits per heavy atom. The van der Waals surface area contributed by atoms with E-state index in [2.05, 4.69) is 35.1 Å². The summed E-state index contributed by atoms with van der Waals surface area (Å²) < 4.78 is 20.7. The maximum atomic E-state index is 14.0. The largest absolute Gasteiger partial charge is 0.454 e. The zero-order valence-electron chi connectivity index (χ0n) is 12.2. The lowest BCUT2D eigenvalue weighted by molar-refractivity contribution is 0.431. The third-order valence-corrected chi connectivity index (χ3v) is 3.48.